The molecule has 1 aliphatic heterocycles. The van der Waals surface area contributed by atoms with Crippen LogP contribution in [0.3, 0.4) is 0 Å². The molecule has 0 amide bonds. The molecule has 3 atom stereocenters. The van der Waals surface area contributed by atoms with Crippen LogP contribution in [0.1, 0.15) is 34.5 Å². The summed E-state index contributed by atoms with van der Waals surface area (Å²) in [4.78, 5) is 8.68. The van der Waals surface area contributed by atoms with Crippen molar-refractivity contribution < 1.29 is 5.11 Å². The van der Waals surface area contributed by atoms with Crippen LogP contribution in [0.5, 0.6) is 0 Å². The molecule has 0 fully saturated rings. The highest BCUT2D eigenvalue weighted by atomic mass is 16.3. The van der Waals surface area contributed by atoms with Crippen LogP contribution < -0.4 is 0 Å². The summed E-state index contributed by atoms with van der Waals surface area (Å²) in [5.74, 6) is 0.116. The van der Waals surface area contributed by atoms with Crippen LogP contribution in [-0.4, -0.2) is 19.6 Å². The van der Waals surface area contributed by atoms with E-state index >= 15 is 0 Å². The van der Waals surface area contributed by atoms with E-state index in [9.17, 15) is 5.11 Å². The van der Waals surface area contributed by atoms with Crippen molar-refractivity contribution >= 4 is 0 Å². The van der Waals surface area contributed by atoms with Crippen LogP contribution in [0.15, 0.2) is 49.1 Å². The van der Waals surface area contributed by atoms with E-state index in [1.807, 2.05) is 25.6 Å². The lowest BCUT2D eigenvalue weighted by Crippen LogP contribution is -2.21. The number of rotatable bonds is 1. The number of hydrogen-bond acceptors (Lipinski definition) is 3. The molecule has 4 nitrogen and oxygen atoms in total. The lowest BCUT2D eigenvalue weighted by Gasteiger charge is -2.25. The molecule has 114 valence electrons. The Bertz CT molecular complexity index is 914. The van der Waals surface area contributed by atoms with Crippen molar-refractivity contribution in [2.45, 2.75) is 25.5 Å². The summed E-state index contributed by atoms with van der Waals surface area (Å²) < 4.78 is 2.21. The number of imidazole rings is 1. The second-order valence-electron chi connectivity index (χ2n) is 6.56. The molecule has 0 bridgehead atoms. The van der Waals surface area contributed by atoms with Crippen molar-refractivity contribution in [3.8, 4) is 11.3 Å². The maximum absolute atomic E-state index is 10.9. The smallest absolute Gasteiger partial charge is 0.0956 e. The second-order valence-corrected chi connectivity index (χ2v) is 6.56. The lowest BCUT2D eigenvalue weighted by atomic mass is 9.88. The van der Waals surface area contributed by atoms with Gasteiger partial charge in [-0.05, 0) is 30.5 Å². The summed E-state index contributed by atoms with van der Waals surface area (Å²) in [7, 11) is 0. The predicted molar refractivity (Wildman–Crippen MR) is 86.9 cm³/mol. The van der Waals surface area contributed by atoms with Gasteiger partial charge >= 0.3 is 0 Å². The maximum Gasteiger partial charge on any atom is 0.0956 e. The molecule has 3 aromatic rings. The Morgan fingerprint density at radius 1 is 1.17 bits per heavy atom. The fourth-order valence-electron chi connectivity index (χ4n) is 4.26. The third-order valence-corrected chi connectivity index (χ3v) is 5.27. The van der Waals surface area contributed by atoms with E-state index in [1.165, 1.54) is 16.7 Å². The van der Waals surface area contributed by atoms with E-state index in [2.05, 4.69) is 44.9 Å². The Hall–Kier alpha value is -2.46. The van der Waals surface area contributed by atoms with Gasteiger partial charge in [0.25, 0.3) is 0 Å². The highest BCUT2D eigenvalue weighted by molar-refractivity contribution is 5.69. The van der Waals surface area contributed by atoms with E-state index in [1.54, 1.807) is 0 Å². The molecule has 5 rings (SSSR count). The summed E-state index contributed by atoms with van der Waals surface area (Å²) >= 11 is 0. The number of nitrogens with zero attached hydrogens (tertiary/aromatic N) is 3. The van der Waals surface area contributed by atoms with E-state index in [0.717, 1.165) is 23.4 Å². The molecule has 3 heterocycles. The number of aryl methyl sites for hydroxylation is 1. The molecule has 0 saturated heterocycles. The second kappa shape index (κ2) is 4.52. The molecule has 1 aliphatic carbocycles. The number of aliphatic hydroxyl groups excluding tert-OH is 1. The van der Waals surface area contributed by atoms with Crippen molar-refractivity contribution in [2.75, 3.05) is 0 Å². The molecule has 0 saturated carbocycles. The normalized spacial score (nSPS) is 24.3. The SMILES string of the molecule is Cc1cc2c(cn1)[C@H](O)[C@@H]([C@H]1c3ccccc3-c3cncn31)C2. The quantitative estimate of drug-likeness (QED) is 0.751. The fourth-order valence-corrected chi connectivity index (χ4v) is 4.26. The van der Waals surface area contributed by atoms with Crippen LogP contribution in [0.25, 0.3) is 11.3 Å². The van der Waals surface area contributed by atoms with Crippen LogP contribution in [-0.2, 0) is 6.42 Å². The summed E-state index contributed by atoms with van der Waals surface area (Å²) in [6.45, 7) is 2.00. The van der Waals surface area contributed by atoms with Gasteiger partial charge in [-0.15, -0.1) is 0 Å². The molecular weight excluding hydrogens is 286 g/mol. The molecular formula is C19H17N3O. The first-order chi connectivity index (χ1) is 11.2. The van der Waals surface area contributed by atoms with Gasteiger partial charge in [0, 0.05) is 28.9 Å². The van der Waals surface area contributed by atoms with Gasteiger partial charge < -0.3 is 9.67 Å². The zero-order valence-electron chi connectivity index (χ0n) is 12.8. The Balaban J connectivity index is 1.64. The molecule has 0 spiro atoms. The molecule has 1 aromatic carbocycles. The van der Waals surface area contributed by atoms with Crippen molar-refractivity contribution in [2.24, 2.45) is 5.92 Å². The van der Waals surface area contributed by atoms with Crippen molar-refractivity contribution in [3.05, 3.63) is 71.4 Å². The minimum absolute atomic E-state index is 0.116. The number of benzene rings is 1. The first-order valence-electron chi connectivity index (χ1n) is 7.98. The Kier molecular flexibility index (Phi) is 2.56. The van der Waals surface area contributed by atoms with Gasteiger partial charge in [0.2, 0.25) is 0 Å². The van der Waals surface area contributed by atoms with Crippen molar-refractivity contribution in [3.63, 3.8) is 0 Å². The lowest BCUT2D eigenvalue weighted by molar-refractivity contribution is 0.101. The Morgan fingerprint density at radius 2 is 2.04 bits per heavy atom. The zero-order chi connectivity index (χ0) is 15.6. The average Bonchev–Trinajstić information content (AvgIpc) is 3.21. The predicted octanol–water partition coefficient (Wildman–Crippen LogP) is 3.06. The van der Waals surface area contributed by atoms with Crippen molar-refractivity contribution in [1.82, 2.24) is 14.5 Å². The largest absolute Gasteiger partial charge is 0.388 e. The average molecular weight is 303 g/mol. The molecule has 1 N–H and O–H groups in total. The molecule has 23 heavy (non-hydrogen) atoms. The molecule has 0 unspecified atom stereocenters. The first kappa shape index (κ1) is 13.0. The standard InChI is InChI=1S/C19H17N3O/c1-11-6-12-7-15(19(23)16(12)8-21-11)18-14-5-3-2-4-13(14)17-9-20-10-22(17)18/h2-6,8-10,15,18-19,23H,7H2,1H3/t15-,18-,19-/m1/s1. The third-order valence-electron chi connectivity index (χ3n) is 5.27. The number of fused-ring (bicyclic) bond motifs is 4. The summed E-state index contributed by atoms with van der Waals surface area (Å²) in [6, 6.07) is 10.7. The third kappa shape index (κ3) is 1.70. The van der Waals surface area contributed by atoms with Gasteiger partial charge in [-0.3, -0.25) is 4.98 Å². The first-order valence-corrected chi connectivity index (χ1v) is 7.98. The van der Waals surface area contributed by atoms with Crippen molar-refractivity contribution in [1.29, 1.82) is 0 Å². The van der Waals surface area contributed by atoms with Crippen LogP contribution in [0.2, 0.25) is 0 Å². The number of pyridine rings is 1. The van der Waals surface area contributed by atoms with Gasteiger partial charge in [0.05, 0.1) is 30.4 Å². The van der Waals surface area contributed by atoms with Gasteiger partial charge in [0.15, 0.2) is 0 Å². The minimum atomic E-state index is -0.482. The van der Waals surface area contributed by atoms with E-state index in [4.69, 9.17) is 0 Å². The van der Waals surface area contributed by atoms with E-state index in [0.29, 0.717) is 0 Å². The van der Waals surface area contributed by atoms with E-state index < -0.39 is 6.10 Å². The van der Waals surface area contributed by atoms with Gasteiger partial charge in [-0.1, -0.05) is 24.3 Å². The van der Waals surface area contributed by atoms with Crippen LogP contribution >= 0.6 is 0 Å². The van der Waals surface area contributed by atoms with Gasteiger partial charge in [0.1, 0.15) is 0 Å². The highest BCUT2D eigenvalue weighted by Gasteiger charge is 2.42. The van der Waals surface area contributed by atoms with Gasteiger partial charge in [-0.25, -0.2) is 4.98 Å². The zero-order valence-corrected chi connectivity index (χ0v) is 12.8. The Labute approximate surface area is 134 Å². The van der Waals surface area contributed by atoms with Crippen LogP contribution in [0.4, 0.5) is 0 Å². The number of aliphatic hydroxyl groups is 1. The topological polar surface area (TPSA) is 50.9 Å². The highest BCUT2D eigenvalue weighted by Crippen LogP contribution is 2.50. The molecule has 4 heteroatoms. The number of aromatic nitrogens is 3. The number of hydrogen-bond donors (Lipinski definition) is 1. The summed E-state index contributed by atoms with van der Waals surface area (Å²) in [5, 5.41) is 10.9. The summed E-state index contributed by atoms with van der Waals surface area (Å²) in [5.41, 5.74) is 6.86. The molecule has 2 aliphatic rings. The Morgan fingerprint density at radius 3 is 2.96 bits per heavy atom. The monoisotopic (exact) mass is 303 g/mol. The fraction of sp³-hybridized carbons (Fsp3) is 0.263. The molecule has 0 radical (unpaired) electrons. The minimum Gasteiger partial charge on any atom is -0.388 e. The van der Waals surface area contributed by atoms with Crippen LogP contribution in [0, 0.1) is 12.8 Å². The van der Waals surface area contributed by atoms with E-state index in [-0.39, 0.29) is 12.0 Å². The molecule has 2 aromatic heterocycles. The van der Waals surface area contributed by atoms with Gasteiger partial charge in [-0.2, -0.15) is 0 Å². The maximum atomic E-state index is 10.9. The summed E-state index contributed by atoms with van der Waals surface area (Å²) in [6.07, 6.45) is 6.03.